The van der Waals surface area contributed by atoms with Crippen LogP contribution in [0, 0.1) is 0 Å². The van der Waals surface area contributed by atoms with Gasteiger partial charge in [0.25, 0.3) is 5.91 Å². The highest BCUT2D eigenvalue weighted by Gasteiger charge is 2.48. The molecule has 0 radical (unpaired) electrons. The van der Waals surface area contributed by atoms with Crippen molar-refractivity contribution >= 4 is 23.5 Å². The van der Waals surface area contributed by atoms with Crippen LogP contribution >= 0.6 is 11.6 Å². The smallest absolute Gasteiger partial charge is 0.329 e. The average Bonchev–Trinajstić information content (AvgIpc) is 2.92. The Labute approximate surface area is 176 Å². The maximum Gasteiger partial charge on any atom is 0.329 e. The van der Waals surface area contributed by atoms with E-state index in [2.05, 4.69) is 5.32 Å². The molecule has 0 spiro atoms. The maximum absolute atomic E-state index is 13.0. The van der Waals surface area contributed by atoms with E-state index in [1.54, 1.807) is 14.0 Å². The van der Waals surface area contributed by atoms with E-state index < -0.39 is 5.54 Å². The molecule has 154 valence electrons. The topological polar surface area (TPSA) is 63.1 Å². The summed E-state index contributed by atoms with van der Waals surface area (Å²) in [7, 11) is 3.59. The van der Waals surface area contributed by atoms with Crippen molar-refractivity contribution in [3.63, 3.8) is 0 Å². The van der Waals surface area contributed by atoms with Crippen molar-refractivity contribution in [3.8, 4) is 5.75 Å². The van der Waals surface area contributed by atoms with E-state index in [4.69, 9.17) is 16.3 Å². The number of quaternary nitrogens is 1. The number of carbonyl (C=O) groups excluding carboxylic acids is 2. The van der Waals surface area contributed by atoms with Gasteiger partial charge in [-0.1, -0.05) is 35.9 Å². The minimum Gasteiger partial charge on any atom is -0.497 e. The molecule has 2 aromatic rings. The summed E-state index contributed by atoms with van der Waals surface area (Å²) in [6, 6.07) is 15.0. The van der Waals surface area contributed by atoms with Crippen molar-refractivity contribution in [2.45, 2.75) is 31.8 Å². The van der Waals surface area contributed by atoms with Crippen molar-refractivity contribution in [2.24, 2.45) is 0 Å². The van der Waals surface area contributed by atoms with Crippen LogP contribution in [0.5, 0.6) is 5.75 Å². The molecule has 0 aromatic heterocycles. The molecule has 0 bridgehead atoms. The van der Waals surface area contributed by atoms with Gasteiger partial charge in [-0.3, -0.25) is 4.79 Å². The molecule has 2 aromatic carbocycles. The Hall–Kier alpha value is -2.57. The predicted molar refractivity (Wildman–Crippen MR) is 112 cm³/mol. The summed E-state index contributed by atoms with van der Waals surface area (Å²) in [5.41, 5.74) is 1.30. The molecule has 0 saturated carbocycles. The molecule has 2 atom stereocenters. The summed E-state index contributed by atoms with van der Waals surface area (Å²) in [4.78, 5) is 27.8. The number of rotatable bonds is 8. The van der Waals surface area contributed by atoms with E-state index in [0.717, 1.165) is 21.8 Å². The first-order chi connectivity index (χ1) is 13.8. The van der Waals surface area contributed by atoms with Gasteiger partial charge in [0.2, 0.25) is 0 Å². The third-order valence-corrected chi connectivity index (χ3v) is 5.52. The Kier molecular flexibility index (Phi) is 6.45. The van der Waals surface area contributed by atoms with Gasteiger partial charge in [0.1, 0.15) is 17.8 Å². The van der Waals surface area contributed by atoms with Gasteiger partial charge in [-0.05, 0) is 49.6 Å². The molecule has 29 heavy (non-hydrogen) atoms. The van der Waals surface area contributed by atoms with Crippen molar-refractivity contribution in [3.05, 3.63) is 64.7 Å². The first-order valence-electron chi connectivity index (χ1n) is 9.63. The molecule has 7 heteroatoms. The van der Waals surface area contributed by atoms with Gasteiger partial charge in [0.15, 0.2) is 6.67 Å². The fourth-order valence-corrected chi connectivity index (χ4v) is 3.65. The van der Waals surface area contributed by atoms with Gasteiger partial charge in [-0.2, -0.15) is 0 Å². The molecule has 1 fully saturated rings. The van der Waals surface area contributed by atoms with E-state index in [-0.39, 0.29) is 11.9 Å². The fraction of sp³-hybridized carbons (Fsp3) is 0.364. The van der Waals surface area contributed by atoms with Crippen LogP contribution in [-0.4, -0.2) is 43.2 Å². The summed E-state index contributed by atoms with van der Waals surface area (Å²) >= 11 is 5.93. The molecule has 3 rings (SSSR count). The monoisotopic (exact) mass is 416 g/mol. The van der Waals surface area contributed by atoms with Crippen LogP contribution in [-0.2, 0) is 17.8 Å². The number of benzene rings is 2. The van der Waals surface area contributed by atoms with Gasteiger partial charge in [-0.25, -0.2) is 9.69 Å². The molecule has 1 heterocycles. The molecule has 1 saturated heterocycles. The number of carbonyl (C=O) groups is 2. The Balaban J connectivity index is 1.59. The van der Waals surface area contributed by atoms with Gasteiger partial charge in [-0.15, -0.1) is 0 Å². The second-order valence-corrected chi connectivity index (χ2v) is 8.20. The number of hydrogen-bond acceptors (Lipinski definition) is 3. The maximum atomic E-state index is 13.0. The summed E-state index contributed by atoms with van der Waals surface area (Å²) in [5.74, 6) is 0.620. The van der Waals surface area contributed by atoms with Crippen LogP contribution in [0.4, 0.5) is 4.79 Å². The number of aryl methyl sites for hydroxylation is 1. The second kappa shape index (κ2) is 8.84. The van der Waals surface area contributed by atoms with Gasteiger partial charge in [0.05, 0.1) is 14.2 Å². The molecule has 1 unspecified atom stereocenters. The SMILES string of the molecule is COc1ccc(CC[C@]2(C)NC(=O)N(C[NH+](C)Cc3ccc(Cl)cc3)C2=O)cc1. The number of urea groups is 1. The van der Waals surface area contributed by atoms with E-state index in [1.807, 2.05) is 55.6 Å². The van der Waals surface area contributed by atoms with Crippen LogP contribution in [0.1, 0.15) is 24.5 Å². The van der Waals surface area contributed by atoms with E-state index in [9.17, 15) is 9.59 Å². The van der Waals surface area contributed by atoms with Crippen LogP contribution in [0.3, 0.4) is 0 Å². The Morgan fingerprint density at radius 1 is 1.07 bits per heavy atom. The van der Waals surface area contributed by atoms with Gasteiger partial charge < -0.3 is 15.0 Å². The number of nitrogens with zero attached hydrogens (tertiary/aromatic N) is 1. The number of hydrogen-bond donors (Lipinski definition) is 2. The van der Waals surface area contributed by atoms with Crippen LogP contribution in [0.2, 0.25) is 5.02 Å². The zero-order valence-corrected chi connectivity index (χ0v) is 17.8. The van der Waals surface area contributed by atoms with Crippen LogP contribution in [0.15, 0.2) is 48.5 Å². The number of amides is 3. The van der Waals surface area contributed by atoms with E-state index >= 15 is 0 Å². The molecular weight excluding hydrogens is 390 g/mol. The molecular formula is C22H27ClN3O3+. The Morgan fingerprint density at radius 2 is 1.69 bits per heavy atom. The van der Waals surface area contributed by atoms with Crippen LogP contribution < -0.4 is 15.0 Å². The van der Waals surface area contributed by atoms with Crippen molar-refractivity contribution < 1.29 is 19.2 Å². The van der Waals surface area contributed by atoms with Gasteiger partial charge in [0, 0.05) is 10.6 Å². The number of methoxy groups -OCH3 is 1. The predicted octanol–water partition coefficient (Wildman–Crippen LogP) is 2.26. The van der Waals surface area contributed by atoms with E-state index in [1.165, 1.54) is 4.90 Å². The molecule has 0 aliphatic carbocycles. The molecule has 6 nitrogen and oxygen atoms in total. The third kappa shape index (κ3) is 5.08. The number of ether oxygens (including phenoxy) is 1. The lowest BCUT2D eigenvalue weighted by molar-refractivity contribution is -0.901. The second-order valence-electron chi connectivity index (χ2n) is 7.76. The normalized spacial score (nSPS) is 19.9. The van der Waals surface area contributed by atoms with Gasteiger partial charge >= 0.3 is 6.03 Å². The Morgan fingerprint density at radius 3 is 2.31 bits per heavy atom. The first kappa shape index (κ1) is 21.1. The fourth-order valence-electron chi connectivity index (χ4n) is 3.52. The summed E-state index contributed by atoms with van der Waals surface area (Å²) in [6.07, 6.45) is 1.23. The van der Waals surface area contributed by atoms with Crippen LogP contribution in [0.25, 0.3) is 0 Å². The highest BCUT2D eigenvalue weighted by molar-refractivity contribution is 6.30. The lowest BCUT2D eigenvalue weighted by atomic mass is 9.93. The molecule has 1 aliphatic heterocycles. The summed E-state index contributed by atoms with van der Waals surface area (Å²) < 4.78 is 5.17. The molecule has 2 N–H and O–H groups in total. The number of imide groups is 1. The first-order valence-corrected chi connectivity index (χ1v) is 10.0. The highest BCUT2D eigenvalue weighted by atomic mass is 35.5. The quantitative estimate of drug-likeness (QED) is 0.649. The molecule has 3 amide bonds. The largest absolute Gasteiger partial charge is 0.497 e. The zero-order chi connectivity index (χ0) is 21.0. The lowest BCUT2D eigenvalue weighted by Gasteiger charge is -2.23. The highest BCUT2D eigenvalue weighted by Crippen LogP contribution is 2.23. The number of nitrogens with one attached hydrogen (secondary N) is 2. The minimum atomic E-state index is -0.891. The average molecular weight is 417 g/mol. The van der Waals surface area contributed by atoms with Crippen molar-refractivity contribution in [1.29, 1.82) is 0 Å². The minimum absolute atomic E-state index is 0.175. The van der Waals surface area contributed by atoms with E-state index in [0.29, 0.717) is 31.1 Å². The zero-order valence-electron chi connectivity index (χ0n) is 17.0. The van der Waals surface area contributed by atoms with Crippen molar-refractivity contribution in [1.82, 2.24) is 10.2 Å². The van der Waals surface area contributed by atoms with Crippen molar-refractivity contribution in [2.75, 3.05) is 20.8 Å². The summed E-state index contributed by atoms with van der Waals surface area (Å²) in [6.45, 7) is 2.80. The third-order valence-electron chi connectivity index (χ3n) is 5.27. The number of halogens is 1. The molecule has 1 aliphatic rings. The Bertz CT molecular complexity index is 870. The lowest BCUT2D eigenvalue weighted by Crippen LogP contribution is -3.09. The standard InChI is InChI=1S/C22H26ClN3O3/c1-22(13-12-16-6-10-19(29-3)11-7-16)20(27)26(21(28)24-22)15-25(2)14-17-4-8-18(23)9-5-17/h4-11H,12-15H2,1-3H3,(H,24,28)/p+1/t22-/m0/s1. The summed E-state index contributed by atoms with van der Waals surface area (Å²) in [5, 5.41) is 3.57.